The predicted octanol–water partition coefficient (Wildman–Crippen LogP) is 1.18. The lowest BCUT2D eigenvalue weighted by molar-refractivity contribution is 0.220. The zero-order valence-electron chi connectivity index (χ0n) is 9.69. The standard InChI is InChI=1S/C10H16BrN3O2S/c1-17(15,16)8-3-2-4-14(6-8)7-10-9(11)5-12-13-10/h5,8H,2-4,6-7H2,1H3,(H,12,13). The van der Waals surface area contributed by atoms with Crippen LogP contribution in [0.2, 0.25) is 0 Å². The summed E-state index contributed by atoms with van der Waals surface area (Å²) in [4.78, 5) is 2.16. The van der Waals surface area contributed by atoms with Crippen molar-refractivity contribution >= 4 is 25.8 Å². The van der Waals surface area contributed by atoms with Gasteiger partial charge in [0.2, 0.25) is 0 Å². The van der Waals surface area contributed by atoms with E-state index in [1.165, 1.54) is 6.26 Å². The molecule has 17 heavy (non-hydrogen) atoms. The maximum atomic E-state index is 11.5. The Balaban J connectivity index is 2.01. The summed E-state index contributed by atoms with van der Waals surface area (Å²) >= 11 is 3.41. The monoisotopic (exact) mass is 321 g/mol. The molecule has 7 heteroatoms. The van der Waals surface area contributed by atoms with Crippen molar-refractivity contribution in [1.29, 1.82) is 0 Å². The van der Waals surface area contributed by atoms with E-state index in [0.717, 1.165) is 29.6 Å². The summed E-state index contributed by atoms with van der Waals surface area (Å²) in [5.41, 5.74) is 0.999. The number of likely N-dealkylation sites (tertiary alicyclic amines) is 1. The zero-order valence-corrected chi connectivity index (χ0v) is 12.1. The molecular weight excluding hydrogens is 306 g/mol. The summed E-state index contributed by atoms with van der Waals surface area (Å²) in [6.07, 6.45) is 4.75. The molecule has 1 atom stereocenters. The first-order chi connectivity index (χ1) is 7.97. The van der Waals surface area contributed by atoms with Gasteiger partial charge in [-0.3, -0.25) is 10.00 Å². The first-order valence-electron chi connectivity index (χ1n) is 5.56. The maximum Gasteiger partial charge on any atom is 0.151 e. The summed E-state index contributed by atoms with van der Waals surface area (Å²) in [6, 6.07) is 0. The minimum Gasteiger partial charge on any atom is -0.296 e. The third-order valence-electron chi connectivity index (χ3n) is 3.12. The van der Waals surface area contributed by atoms with E-state index >= 15 is 0 Å². The number of H-pyrrole nitrogens is 1. The van der Waals surface area contributed by atoms with E-state index in [1.807, 2.05) is 0 Å². The van der Waals surface area contributed by atoms with Crippen LogP contribution in [0.1, 0.15) is 18.5 Å². The number of hydrogen-bond acceptors (Lipinski definition) is 4. The Hall–Kier alpha value is -0.400. The van der Waals surface area contributed by atoms with E-state index in [9.17, 15) is 8.42 Å². The summed E-state index contributed by atoms with van der Waals surface area (Å²) in [5, 5.41) is 6.63. The Morgan fingerprint density at radius 3 is 3.00 bits per heavy atom. The quantitative estimate of drug-likeness (QED) is 0.908. The second-order valence-corrected chi connectivity index (χ2v) is 7.71. The molecule has 2 heterocycles. The lowest BCUT2D eigenvalue weighted by atomic mass is 10.1. The molecule has 0 aromatic carbocycles. The van der Waals surface area contributed by atoms with Crippen molar-refractivity contribution in [3.05, 3.63) is 16.4 Å². The van der Waals surface area contributed by atoms with Crippen molar-refractivity contribution in [2.24, 2.45) is 0 Å². The van der Waals surface area contributed by atoms with Crippen LogP contribution in [0.4, 0.5) is 0 Å². The van der Waals surface area contributed by atoms with Gasteiger partial charge in [0.25, 0.3) is 0 Å². The van der Waals surface area contributed by atoms with Gasteiger partial charge in [0.1, 0.15) is 0 Å². The van der Waals surface area contributed by atoms with Crippen molar-refractivity contribution < 1.29 is 8.42 Å². The molecule has 2 rings (SSSR count). The van der Waals surface area contributed by atoms with Crippen LogP contribution in [0.15, 0.2) is 10.7 Å². The molecule has 0 bridgehead atoms. The molecule has 1 fully saturated rings. The molecule has 0 radical (unpaired) electrons. The summed E-state index contributed by atoms with van der Waals surface area (Å²) in [6.45, 7) is 2.27. The molecular formula is C10H16BrN3O2S. The van der Waals surface area contributed by atoms with Gasteiger partial charge in [0, 0.05) is 19.3 Å². The minimum absolute atomic E-state index is 0.224. The highest BCUT2D eigenvalue weighted by molar-refractivity contribution is 9.10. The molecule has 0 saturated carbocycles. The summed E-state index contributed by atoms with van der Waals surface area (Å²) in [7, 11) is -2.93. The Kier molecular flexibility index (Phi) is 3.89. The van der Waals surface area contributed by atoms with Crippen molar-refractivity contribution in [3.63, 3.8) is 0 Å². The fourth-order valence-corrected chi connectivity index (χ4v) is 3.53. The minimum atomic E-state index is -2.93. The van der Waals surface area contributed by atoms with Gasteiger partial charge in [-0.1, -0.05) is 0 Å². The molecule has 1 aliphatic heterocycles. The van der Waals surface area contributed by atoms with Crippen LogP contribution < -0.4 is 0 Å². The van der Waals surface area contributed by atoms with E-state index in [2.05, 4.69) is 31.0 Å². The number of aromatic nitrogens is 2. The number of nitrogens with one attached hydrogen (secondary N) is 1. The Bertz CT molecular complexity index is 485. The zero-order chi connectivity index (χ0) is 12.5. The number of nitrogens with zero attached hydrogens (tertiary/aromatic N) is 2. The van der Waals surface area contributed by atoms with Crippen LogP contribution in [0.5, 0.6) is 0 Å². The van der Waals surface area contributed by atoms with Crippen LogP contribution in [0.25, 0.3) is 0 Å². The third-order valence-corrected chi connectivity index (χ3v) is 5.39. The molecule has 96 valence electrons. The van der Waals surface area contributed by atoms with Crippen LogP contribution in [-0.2, 0) is 16.4 Å². The van der Waals surface area contributed by atoms with Gasteiger partial charge in [0.15, 0.2) is 9.84 Å². The topological polar surface area (TPSA) is 66.1 Å². The average Bonchev–Trinajstić information content (AvgIpc) is 2.64. The molecule has 1 N–H and O–H groups in total. The van der Waals surface area contributed by atoms with Gasteiger partial charge in [-0.25, -0.2) is 8.42 Å². The smallest absolute Gasteiger partial charge is 0.151 e. The van der Waals surface area contributed by atoms with Crippen LogP contribution in [0.3, 0.4) is 0 Å². The highest BCUT2D eigenvalue weighted by atomic mass is 79.9. The first-order valence-corrected chi connectivity index (χ1v) is 8.30. The number of rotatable bonds is 3. The van der Waals surface area contributed by atoms with Crippen LogP contribution in [0, 0.1) is 0 Å². The fourth-order valence-electron chi connectivity index (χ4n) is 2.14. The Morgan fingerprint density at radius 2 is 2.41 bits per heavy atom. The lowest BCUT2D eigenvalue weighted by Gasteiger charge is -2.31. The molecule has 1 aromatic heterocycles. The predicted molar refractivity (Wildman–Crippen MR) is 69.4 cm³/mol. The average molecular weight is 322 g/mol. The van der Waals surface area contributed by atoms with E-state index in [1.54, 1.807) is 6.20 Å². The van der Waals surface area contributed by atoms with Gasteiger partial charge in [0.05, 0.1) is 21.6 Å². The summed E-state index contributed by atoms with van der Waals surface area (Å²) in [5.74, 6) is 0. The molecule has 1 aromatic rings. The van der Waals surface area contributed by atoms with Crippen molar-refractivity contribution in [2.45, 2.75) is 24.6 Å². The fraction of sp³-hybridized carbons (Fsp3) is 0.700. The number of hydrogen-bond donors (Lipinski definition) is 1. The molecule has 1 aliphatic rings. The number of aromatic amines is 1. The van der Waals surface area contributed by atoms with Gasteiger partial charge in [-0.15, -0.1) is 0 Å². The number of sulfone groups is 1. The van der Waals surface area contributed by atoms with Crippen molar-refractivity contribution in [2.75, 3.05) is 19.3 Å². The van der Waals surface area contributed by atoms with Gasteiger partial charge in [-0.05, 0) is 35.3 Å². The SMILES string of the molecule is CS(=O)(=O)C1CCCN(Cc2[nH]ncc2Br)C1. The Labute approximate surface area is 110 Å². The molecule has 0 amide bonds. The van der Waals surface area contributed by atoms with E-state index in [4.69, 9.17) is 0 Å². The maximum absolute atomic E-state index is 11.5. The van der Waals surface area contributed by atoms with E-state index < -0.39 is 9.84 Å². The van der Waals surface area contributed by atoms with E-state index in [-0.39, 0.29) is 5.25 Å². The second kappa shape index (κ2) is 5.07. The van der Waals surface area contributed by atoms with Crippen molar-refractivity contribution in [1.82, 2.24) is 15.1 Å². The highest BCUT2D eigenvalue weighted by Crippen LogP contribution is 2.20. The molecule has 0 aliphatic carbocycles. The van der Waals surface area contributed by atoms with Crippen molar-refractivity contribution in [3.8, 4) is 0 Å². The largest absolute Gasteiger partial charge is 0.296 e. The Morgan fingerprint density at radius 1 is 1.65 bits per heavy atom. The van der Waals surface area contributed by atoms with Gasteiger partial charge < -0.3 is 0 Å². The number of piperidine rings is 1. The third kappa shape index (κ3) is 3.29. The molecule has 0 spiro atoms. The lowest BCUT2D eigenvalue weighted by Crippen LogP contribution is -2.41. The summed E-state index contributed by atoms with van der Waals surface area (Å²) < 4.78 is 24.0. The molecule has 1 unspecified atom stereocenters. The number of halogens is 1. The van der Waals surface area contributed by atoms with Crippen LogP contribution in [-0.4, -0.2) is 48.1 Å². The van der Waals surface area contributed by atoms with Gasteiger partial charge >= 0.3 is 0 Å². The molecule has 1 saturated heterocycles. The highest BCUT2D eigenvalue weighted by Gasteiger charge is 2.27. The first kappa shape index (κ1) is 13.0. The normalized spacial score (nSPS) is 22.8. The van der Waals surface area contributed by atoms with Gasteiger partial charge in [-0.2, -0.15) is 5.10 Å². The second-order valence-electron chi connectivity index (χ2n) is 4.53. The van der Waals surface area contributed by atoms with Crippen LogP contribution >= 0.6 is 15.9 Å². The van der Waals surface area contributed by atoms with E-state index in [0.29, 0.717) is 13.1 Å². The molecule has 5 nitrogen and oxygen atoms in total.